The van der Waals surface area contributed by atoms with Crippen molar-refractivity contribution in [1.29, 1.82) is 0 Å². The van der Waals surface area contributed by atoms with Crippen LogP contribution in [0.4, 0.5) is 5.69 Å². The summed E-state index contributed by atoms with van der Waals surface area (Å²) in [6.07, 6.45) is 1.76. The lowest BCUT2D eigenvalue weighted by atomic mass is 10.2. The molecule has 0 spiro atoms. The molecule has 6 nitrogen and oxygen atoms in total. The van der Waals surface area contributed by atoms with Crippen LogP contribution in [0.3, 0.4) is 0 Å². The second-order valence-corrected chi connectivity index (χ2v) is 8.89. The average Bonchev–Trinajstić information content (AvgIpc) is 2.82. The monoisotopic (exact) mass is 466 g/mol. The first-order valence-corrected chi connectivity index (χ1v) is 11.5. The highest BCUT2D eigenvalue weighted by Gasteiger charge is 2.23. The molecule has 1 fully saturated rings. The number of carbonyl (C=O) groups is 2. The zero-order chi connectivity index (χ0) is 22.3. The fraction of sp³-hybridized carbons (Fsp3) is 0.208. The van der Waals surface area contributed by atoms with Gasteiger partial charge in [-0.05, 0) is 48.5 Å². The second kappa shape index (κ2) is 10.6. The molecule has 2 aromatic carbocycles. The Labute approximate surface area is 196 Å². The van der Waals surface area contributed by atoms with Gasteiger partial charge in [-0.15, -0.1) is 0 Å². The number of hydrogen-bond donors (Lipinski definition) is 1. The van der Waals surface area contributed by atoms with Crippen molar-refractivity contribution in [2.45, 2.75) is 9.92 Å². The number of pyridine rings is 1. The molecule has 1 aromatic heterocycles. The van der Waals surface area contributed by atoms with Crippen LogP contribution in [0.2, 0.25) is 5.02 Å². The third kappa shape index (κ3) is 5.88. The maximum absolute atomic E-state index is 12.9. The van der Waals surface area contributed by atoms with Crippen molar-refractivity contribution >= 4 is 40.9 Å². The van der Waals surface area contributed by atoms with E-state index >= 15 is 0 Å². The molecule has 0 saturated carbocycles. The van der Waals surface area contributed by atoms with Crippen LogP contribution in [0.15, 0.2) is 82.8 Å². The van der Waals surface area contributed by atoms with Crippen molar-refractivity contribution in [3.05, 3.63) is 83.5 Å². The van der Waals surface area contributed by atoms with Gasteiger partial charge in [0, 0.05) is 42.8 Å². The number of benzene rings is 2. The molecule has 32 heavy (non-hydrogen) atoms. The van der Waals surface area contributed by atoms with Crippen molar-refractivity contribution < 1.29 is 9.59 Å². The SMILES string of the molecule is O=C(CN1CCN(C(=O)c2ccc(Sc3ccccn3)cc2)CC1)Nc1ccccc1Cl. The van der Waals surface area contributed by atoms with E-state index in [-0.39, 0.29) is 18.4 Å². The van der Waals surface area contributed by atoms with Gasteiger partial charge >= 0.3 is 0 Å². The predicted molar refractivity (Wildman–Crippen MR) is 127 cm³/mol. The highest BCUT2D eigenvalue weighted by atomic mass is 35.5. The van der Waals surface area contributed by atoms with Crippen LogP contribution in [0.5, 0.6) is 0 Å². The Hall–Kier alpha value is -2.87. The summed E-state index contributed by atoms with van der Waals surface area (Å²) in [7, 11) is 0. The molecule has 164 valence electrons. The Morgan fingerprint density at radius 2 is 1.66 bits per heavy atom. The highest BCUT2D eigenvalue weighted by Crippen LogP contribution is 2.26. The van der Waals surface area contributed by atoms with Gasteiger partial charge in [0.1, 0.15) is 5.03 Å². The number of halogens is 1. The van der Waals surface area contributed by atoms with Crippen molar-refractivity contribution in [1.82, 2.24) is 14.8 Å². The zero-order valence-corrected chi connectivity index (χ0v) is 19.0. The van der Waals surface area contributed by atoms with Gasteiger partial charge in [0.15, 0.2) is 0 Å². The number of piperazine rings is 1. The van der Waals surface area contributed by atoms with Crippen LogP contribution in [0.1, 0.15) is 10.4 Å². The lowest BCUT2D eigenvalue weighted by Gasteiger charge is -2.34. The molecule has 0 aliphatic carbocycles. The maximum atomic E-state index is 12.9. The minimum atomic E-state index is -0.112. The number of carbonyl (C=O) groups excluding carboxylic acids is 2. The highest BCUT2D eigenvalue weighted by molar-refractivity contribution is 7.99. The third-order valence-corrected chi connectivity index (χ3v) is 6.42. The second-order valence-electron chi connectivity index (χ2n) is 7.39. The molecule has 0 radical (unpaired) electrons. The van der Waals surface area contributed by atoms with Crippen LogP contribution < -0.4 is 5.32 Å². The summed E-state index contributed by atoms with van der Waals surface area (Å²) in [5.41, 5.74) is 1.28. The van der Waals surface area contributed by atoms with Crippen LogP contribution in [0.25, 0.3) is 0 Å². The molecule has 1 aliphatic rings. The molecule has 1 N–H and O–H groups in total. The van der Waals surface area contributed by atoms with E-state index < -0.39 is 0 Å². The van der Waals surface area contributed by atoms with E-state index in [2.05, 4.69) is 10.3 Å². The summed E-state index contributed by atoms with van der Waals surface area (Å²) < 4.78 is 0. The largest absolute Gasteiger partial charge is 0.336 e. The van der Waals surface area contributed by atoms with Gasteiger partial charge in [-0.3, -0.25) is 14.5 Å². The smallest absolute Gasteiger partial charge is 0.253 e. The number of para-hydroxylation sites is 1. The lowest BCUT2D eigenvalue weighted by Crippen LogP contribution is -2.50. The zero-order valence-electron chi connectivity index (χ0n) is 17.4. The van der Waals surface area contributed by atoms with Crippen molar-refractivity contribution in [2.24, 2.45) is 0 Å². The molecule has 3 aromatic rings. The minimum absolute atomic E-state index is 0.0135. The number of rotatable bonds is 6. The van der Waals surface area contributed by atoms with Gasteiger partial charge < -0.3 is 10.2 Å². The lowest BCUT2D eigenvalue weighted by molar-refractivity contribution is -0.117. The van der Waals surface area contributed by atoms with Gasteiger partial charge in [0.05, 0.1) is 17.3 Å². The molecule has 0 bridgehead atoms. The molecule has 1 saturated heterocycles. The molecule has 0 atom stereocenters. The van der Waals surface area contributed by atoms with Crippen molar-refractivity contribution in [2.75, 3.05) is 38.0 Å². The molecule has 0 unspecified atom stereocenters. The number of aromatic nitrogens is 1. The fourth-order valence-corrected chi connectivity index (χ4v) is 4.40. The van der Waals surface area contributed by atoms with E-state index in [0.29, 0.717) is 42.5 Å². The Morgan fingerprint density at radius 1 is 0.938 bits per heavy atom. The first-order valence-electron chi connectivity index (χ1n) is 10.3. The summed E-state index contributed by atoms with van der Waals surface area (Å²) in [4.78, 5) is 34.4. The molecule has 2 amide bonds. The number of amides is 2. The molecule has 4 rings (SSSR count). The van der Waals surface area contributed by atoms with Crippen LogP contribution in [-0.4, -0.2) is 59.3 Å². The molecular formula is C24H23ClN4O2S. The number of hydrogen-bond acceptors (Lipinski definition) is 5. The van der Waals surface area contributed by atoms with E-state index in [0.717, 1.165) is 9.92 Å². The van der Waals surface area contributed by atoms with Gasteiger partial charge in [-0.25, -0.2) is 4.98 Å². The number of nitrogens with zero attached hydrogens (tertiary/aromatic N) is 3. The van der Waals surface area contributed by atoms with Crippen LogP contribution in [-0.2, 0) is 4.79 Å². The standard InChI is InChI=1S/C24H23ClN4O2S/c25-20-5-1-2-6-21(20)27-22(30)17-28-13-15-29(16-14-28)24(31)18-8-10-19(11-9-18)32-23-7-3-4-12-26-23/h1-12H,13-17H2,(H,27,30). The first-order chi connectivity index (χ1) is 15.6. The van der Waals surface area contributed by atoms with E-state index in [9.17, 15) is 9.59 Å². The summed E-state index contributed by atoms with van der Waals surface area (Å²) >= 11 is 7.66. The van der Waals surface area contributed by atoms with E-state index in [1.165, 1.54) is 0 Å². The first kappa shape index (κ1) is 22.3. The topological polar surface area (TPSA) is 65.5 Å². The Morgan fingerprint density at radius 3 is 2.34 bits per heavy atom. The number of nitrogens with one attached hydrogen (secondary N) is 1. The average molecular weight is 467 g/mol. The molecule has 1 aliphatic heterocycles. The van der Waals surface area contributed by atoms with Gasteiger partial charge in [0.2, 0.25) is 5.91 Å². The summed E-state index contributed by atoms with van der Waals surface area (Å²) in [6.45, 7) is 2.74. The minimum Gasteiger partial charge on any atom is -0.336 e. The van der Waals surface area contributed by atoms with Crippen molar-refractivity contribution in [3.8, 4) is 0 Å². The summed E-state index contributed by atoms with van der Waals surface area (Å²) in [6, 6.07) is 20.6. The van der Waals surface area contributed by atoms with Crippen molar-refractivity contribution in [3.63, 3.8) is 0 Å². The quantitative estimate of drug-likeness (QED) is 0.587. The number of anilines is 1. The molecule has 8 heteroatoms. The van der Waals surface area contributed by atoms with E-state index in [4.69, 9.17) is 11.6 Å². The fourth-order valence-electron chi connectivity index (χ4n) is 3.44. The van der Waals surface area contributed by atoms with Gasteiger partial charge in [0.25, 0.3) is 5.91 Å². The van der Waals surface area contributed by atoms with Gasteiger partial charge in [-0.1, -0.05) is 41.6 Å². The van der Waals surface area contributed by atoms with E-state index in [1.54, 1.807) is 30.1 Å². The van der Waals surface area contributed by atoms with E-state index in [1.807, 2.05) is 64.4 Å². The maximum Gasteiger partial charge on any atom is 0.253 e. The Kier molecular flexibility index (Phi) is 7.42. The summed E-state index contributed by atoms with van der Waals surface area (Å²) in [5.74, 6) is -0.0987. The predicted octanol–water partition coefficient (Wildman–Crippen LogP) is 4.28. The Bertz CT molecular complexity index is 1070. The summed E-state index contributed by atoms with van der Waals surface area (Å²) in [5, 5.41) is 4.27. The third-order valence-electron chi connectivity index (χ3n) is 5.14. The van der Waals surface area contributed by atoms with Crippen LogP contribution in [0, 0.1) is 0 Å². The normalized spacial score (nSPS) is 14.2. The molecular weight excluding hydrogens is 444 g/mol. The molecule has 2 heterocycles. The van der Waals surface area contributed by atoms with Crippen LogP contribution >= 0.6 is 23.4 Å². The van der Waals surface area contributed by atoms with Gasteiger partial charge in [-0.2, -0.15) is 0 Å². The Balaban J connectivity index is 1.26.